The van der Waals surface area contributed by atoms with Crippen LogP contribution in [0.15, 0.2) is 23.1 Å². The van der Waals surface area contributed by atoms with E-state index in [4.69, 9.17) is 5.11 Å². The summed E-state index contributed by atoms with van der Waals surface area (Å²) in [4.78, 5) is 11.1. The lowest BCUT2D eigenvalue weighted by Gasteiger charge is -2.25. The van der Waals surface area contributed by atoms with Gasteiger partial charge in [0.05, 0.1) is 10.3 Å². The SMILES string of the molecule is Cc1cc(F)ccc1S(=O)(=O)N1C(C)SCC1C(=O)O. The highest BCUT2D eigenvalue weighted by atomic mass is 32.2. The molecule has 0 radical (unpaired) electrons. The summed E-state index contributed by atoms with van der Waals surface area (Å²) in [5.74, 6) is -1.50. The van der Waals surface area contributed by atoms with Crippen LogP contribution in [-0.2, 0) is 14.8 Å². The first-order valence-electron chi connectivity index (χ1n) is 5.89. The maximum absolute atomic E-state index is 13.1. The van der Waals surface area contributed by atoms with Gasteiger partial charge in [-0.15, -0.1) is 11.8 Å². The molecule has 1 heterocycles. The van der Waals surface area contributed by atoms with Crippen molar-refractivity contribution in [3.05, 3.63) is 29.6 Å². The van der Waals surface area contributed by atoms with E-state index >= 15 is 0 Å². The number of aliphatic carboxylic acids is 1. The van der Waals surface area contributed by atoms with Gasteiger partial charge >= 0.3 is 5.97 Å². The van der Waals surface area contributed by atoms with Gasteiger partial charge in [-0.3, -0.25) is 4.79 Å². The van der Waals surface area contributed by atoms with Gasteiger partial charge in [-0.05, 0) is 37.6 Å². The van der Waals surface area contributed by atoms with E-state index in [1.54, 1.807) is 6.92 Å². The predicted octanol–water partition coefficient (Wildman–Crippen LogP) is 1.67. The fourth-order valence-corrected chi connectivity index (χ4v) is 5.69. The Labute approximate surface area is 120 Å². The summed E-state index contributed by atoms with van der Waals surface area (Å²) in [6.45, 7) is 3.13. The van der Waals surface area contributed by atoms with Gasteiger partial charge in [0, 0.05) is 5.75 Å². The summed E-state index contributed by atoms with van der Waals surface area (Å²) >= 11 is 1.26. The molecule has 1 fully saturated rings. The van der Waals surface area contributed by atoms with Crippen LogP contribution < -0.4 is 0 Å². The van der Waals surface area contributed by atoms with Gasteiger partial charge < -0.3 is 5.11 Å². The number of carbonyl (C=O) groups is 1. The molecule has 0 amide bonds. The maximum Gasteiger partial charge on any atom is 0.322 e. The number of sulfonamides is 1. The van der Waals surface area contributed by atoms with Crippen molar-refractivity contribution in [3.8, 4) is 0 Å². The standard InChI is InChI=1S/C12H14FNO4S2/c1-7-5-9(13)3-4-11(7)20(17,18)14-8(2)19-6-10(14)12(15)16/h3-5,8,10H,6H2,1-2H3,(H,15,16). The maximum atomic E-state index is 13.1. The summed E-state index contributed by atoms with van der Waals surface area (Å²) in [5, 5.41) is 8.68. The number of nitrogens with zero attached hydrogens (tertiary/aromatic N) is 1. The molecule has 2 atom stereocenters. The molecule has 110 valence electrons. The highest BCUT2D eigenvalue weighted by molar-refractivity contribution is 8.01. The van der Waals surface area contributed by atoms with Gasteiger partial charge in [0.2, 0.25) is 10.0 Å². The first-order valence-corrected chi connectivity index (χ1v) is 8.38. The minimum absolute atomic E-state index is 0.0560. The second kappa shape index (κ2) is 5.34. The van der Waals surface area contributed by atoms with E-state index in [1.165, 1.54) is 24.8 Å². The van der Waals surface area contributed by atoms with E-state index < -0.39 is 33.2 Å². The molecule has 1 aliphatic heterocycles. The van der Waals surface area contributed by atoms with Crippen molar-refractivity contribution in [2.45, 2.75) is 30.2 Å². The molecule has 1 aliphatic rings. The minimum Gasteiger partial charge on any atom is -0.480 e. The number of halogens is 1. The highest BCUT2D eigenvalue weighted by Crippen LogP contribution is 2.35. The zero-order chi connectivity index (χ0) is 15.1. The van der Waals surface area contributed by atoms with E-state index in [0.29, 0.717) is 0 Å². The number of rotatable bonds is 3. The Kier molecular flexibility index (Phi) is 4.08. The van der Waals surface area contributed by atoms with Crippen molar-refractivity contribution in [3.63, 3.8) is 0 Å². The van der Waals surface area contributed by atoms with Crippen LogP contribution >= 0.6 is 11.8 Å². The molecule has 1 aromatic rings. The molecular weight excluding hydrogens is 305 g/mol. The molecule has 1 aromatic carbocycles. The number of carboxylic acid groups (broad SMARTS) is 1. The number of hydrogen-bond acceptors (Lipinski definition) is 4. The zero-order valence-corrected chi connectivity index (χ0v) is 12.5. The van der Waals surface area contributed by atoms with Crippen LogP contribution in [-0.4, -0.2) is 41.0 Å². The minimum atomic E-state index is -3.96. The van der Waals surface area contributed by atoms with Gasteiger partial charge in [0.1, 0.15) is 11.9 Å². The lowest BCUT2D eigenvalue weighted by Crippen LogP contribution is -2.44. The van der Waals surface area contributed by atoms with Gasteiger partial charge in [-0.25, -0.2) is 12.8 Å². The Morgan fingerprint density at radius 3 is 2.70 bits per heavy atom. The lowest BCUT2D eigenvalue weighted by molar-refractivity contribution is -0.140. The summed E-state index contributed by atoms with van der Waals surface area (Å²) in [6, 6.07) is 2.26. The molecule has 5 nitrogen and oxygen atoms in total. The Bertz CT molecular complexity index is 647. The van der Waals surface area contributed by atoms with Crippen molar-refractivity contribution >= 4 is 27.8 Å². The summed E-state index contributed by atoms with van der Waals surface area (Å²) in [6.07, 6.45) is 0. The van der Waals surface area contributed by atoms with Crippen LogP contribution in [0.2, 0.25) is 0 Å². The summed E-state index contributed by atoms with van der Waals surface area (Å²) in [7, 11) is -3.96. The number of hydrogen-bond donors (Lipinski definition) is 1. The molecule has 20 heavy (non-hydrogen) atoms. The fraction of sp³-hybridized carbons (Fsp3) is 0.417. The van der Waals surface area contributed by atoms with Gasteiger partial charge in [-0.2, -0.15) is 4.31 Å². The molecule has 0 aliphatic carbocycles. The Morgan fingerprint density at radius 1 is 1.50 bits per heavy atom. The van der Waals surface area contributed by atoms with Crippen LogP contribution in [0.4, 0.5) is 4.39 Å². The smallest absolute Gasteiger partial charge is 0.322 e. The molecule has 1 N–H and O–H groups in total. The molecule has 2 rings (SSSR count). The molecule has 0 saturated carbocycles. The van der Waals surface area contributed by atoms with Crippen LogP contribution in [0.5, 0.6) is 0 Å². The van der Waals surface area contributed by atoms with E-state index in [1.807, 2.05) is 0 Å². The first-order chi connectivity index (χ1) is 9.25. The summed E-state index contributed by atoms with van der Waals surface area (Å²) < 4.78 is 39.3. The number of aryl methyl sites for hydroxylation is 1. The Balaban J connectivity index is 2.51. The molecular formula is C12H14FNO4S2. The highest BCUT2D eigenvalue weighted by Gasteiger charge is 2.44. The monoisotopic (exact) mass is 319 g/mol. The van der Waals surface area contributed by atoms with Gasteiger partial charge in [0.15, 0.2) is 0 Å². The van der Waals surface area contributed by atoms with E-state index in [9.17, 15) is 17.6 Å². The van der Waals surface area contributed by atoms with Crippen LogP contribution in [0.1, 0.15) is 12.5 Å². The first kappa shape index (κ1) is 15.3. The number of thioether (sulfide) groups is 1. The largest absolute Gasteiger partial charge is 0.480 e. The molecule has 2 unspecified atom stereocenters. The number of carboxylic acids is 1. The molecule has 8 heteroatoms. The average molecular weight is 319 g/mol. The van der Waals surface area contributed by atoms with Crippen molar-refractivity contribution in [2.75, 3.05) is 5.75 Å². The molecule has 0 spiro atoms. The quantitative estimate of drug-likeness (QED) is 0.917. The van der Waals surface area contributed by atoms with Crippen molar-refractivity contribution in [1.29, 1.82) is 0 Å². The van der Waals surface area contributed by atoms with Crippen molar-refractivity contribution in [2.24, 2.45) is 0 Å². The van der Waals surface area contributed by atoms with Crippen LogP contribution in [0.3, 0.4) is 0 Å². The second-order valence-electron chi connectivity index (χ2n) is 4.53. The normalized spacial score (nSPS) is 23.9. The van der Waals surface area contributed by atoms with Crippen LogP contribution in [0, 0.1) is 12.7 Å². The average Bonchev–Trinajstić information content (AvgIpc) is 2.71. The third kappa shape index (κ3) is 2.55. The second-order valence-corrected chi connectivity index (χ2v) is 7.69. The van der Waals surface area contributed by atoms with Crippen molar-refractivity contribution in [1.82, 2.24) is 4.31 Å². The van der Waals surface area contributed by atoms with Crippen molar-refractivity contribution < 1.29 is 22.7 Å². The molecule has 0 aromatic heterocycles. The third-order valence-corrected chi connectivity index (χ3v) is 6.63. The van der Waals surface area contributed by atoms with Crippen LogP contribution in [0.25, 0.3) is 0 Å². The molecule has 0 bridgehead atoms. The third-order valence-electron chi connectivity index (χ3n) is 3.14. The number of benzene rings is 1. The van der Waals surface area contributed by atoms with E-state index in [2.05, 4.69) is 0 Å². The predicted molar refractivity (Wildman–Crippen MR) is 73.5 cm³/mol. The Morgan fingerprint density at radius 2 is 2.15 bits per heavy atom. The fourth-order valence-electron chi connectivity index (χ4n) is 2.19. The Hall–Kier alpha value is -1.12. The van der Waals surface area contributed by atoms with E-state index in [0.717, 1.165) is 16.4 Å². The zero-order valence-electron chi connectivity index (χ0n) is 10.9. The summed E-state index contributed by atoms with van der Waals surface area (Å²) in [5.41, 5.74) is 0.262. The van der Waals surface area contributed by atoms with E-state index in [-0.39, 0.29) is 16.2 Å². The van der Waals surface area contributed by atoms with Gasteiger partial charge in [-0.1, -0.05) is 0 Å². The molecule has 1 saturated heterocycles. The lowest BCUT2D eigenvalue weighted by atomic mass is 10.2. The topological polar surface area (TPSA) is 74.7 Å². The van der Waals surface area contributed by atoms with Gasteiger partial charge in [0.25, 0.3) is 0 Å².